The highest BCUT2D eigenvalue weighted by atomic mass is 32.2. The molecule has 0 unspecified atom stereocenters. The fraction of sp³-hybridized carbons (Fsp3) is 0.235. The monoisotopic (exact) mass is 301 g/mol. The largest absolute Gasteiger partial charge is 0.508 e. The smallest absolute Gasteiger partial charge is 0.234 e. The van der Waals surface area contributed by atoms with Crippen molar-refractivity contribution in [3.8, 4) is 5.75 Å². The Morgan fingerprint density at radius 3 is 2.57 bits per heavy atom. The molecule has 0 saturated heterocycles. The summed E-state index contributed by atoms with van der Waals surface area (Å²) in [5.41, 5.74) is 2.04. The molecule has 21 heavy (non-hydrogen) atoms. The van der Waals surface area contributed by atoms with E-state index in [2.05, 4.69) is 25.2 Å². The molecule has 0 spiro atoms. The van der Waals surface area contributed by atoms with Crippen molar-refractivity contribution in [3.05, 3.63) is 54.1 Å². The summed E-state index contributed by atoms with van der Waals surface area (Å²) in [6.45, 7) is 4.25. The van der Waals surface area contributed by atoms with Crippen LogP contribution in [0.25, 0.3) is 0 Å². The molecule has 0 aromatic heterocycles. The highest BCUT2D eigenvalue weighted by Crippen LogP contribution is 2.22. The molecular weight excluding hydrogens is 282 g/mol. The Bertz CT molecular complexity index is 608. The molecule has 0 aliphatic rings. The highest BCUT2D eigenvalue weighted by Gasteiger charge is 2.05. The number of hydrogen-bond acceptors (Lipinski definition) is 3. The number of aromatic hydroxyl groups is 1. The maximum Gasteiger partial charge on any atom is 0.234 e. The van der Waals surface area contributed by atoms with E-state index in [1.165, 1.54) is 17.3 Å². The Kier molecular flexibility index (Phi) is 5.28. The Morgan fingerprint density at radius 2 is 1.90 bits per heavy atom. The number of carbonyl (C=O) groups is 1. The summed E-state index contributed by atoms with van der Waals surface area (Å²) >= 11 is 1.44. The normalized spacial score (nSPS) is 10.6. The van der Waals surface area contributed by atoms with Crippen LogP contribution in [0.3, 0.4) is 0 Å². The quantitative estimate of drug-likeness (QED) is 0.812. The van der Waals surface area contributed by atoms with Crippen molar-refractivity contribution in [2.75, 3.05) is 11.1 Å². The molecule has 2 aromatic rings. The van der Waals surface area contributed by atoms with Gasteiger partial charge in [-0.2, -0.15) is 0 Å². The predicted molar refractivity (Wildman–Crippen MR) is 88.0 cm³/mol. The average Bonchev–Trinajstić information content (AvgIpc) is 2.47. The molecule has 0 aliphatic carbocycles. The lowest BCUT2D eigenvalue weighted by Gasteiger charge is -2.09. The Balaban J connectivity index is 1.89. The van der Waals surface area contributed by atoms with Gasteiger partial charge in [0.2, 0.25) is 5.91 Å². The zero-order valence-electron chi connectivity index (χ0n) is 12.2. The first-order chi connectivity index (χ1) is 10.0. The standard InChI is InChI=1S/C17H19NO2S/c1-12(2)13-4-3-5-14(10-13)18-17(20)11-21-16-8-6-15(19)7-9-16/h3-10,12,19H,11H2,1-2H3,(H,18,20). The Hall–Kier alpha value is -1.94. The van der Waals surface area contributed by atoms with Crippen LogP contribution in [-0.2, 0) is 4.79 Å². The second kappa shape index (κ2) is 7.18. The second-order valence-corrected chi connectivity index (χ2v) is 6.16. The van der Waals surface area contributed by atoms with Gasteiger partial charge in [0.15, 0.2) is 0 Å². The highest BCUT2D eigenvalue weighted by molar-refractivity contribution is 8.00. The van der Waals surface area contributed by atoms with Gasteiger partial charge >= 0.3 is 0 Å². The number of thioether (sulfide) groups is 1. The Labute approximate surface area is 129 Å². The number of nitrogens with one attached hydrogen (secondary N) is 1. The van der Waals surface area contributed by atoms with Crippen molar-refractivity contribution >= 4 is 23.4 Å². The molecule has 2 rings (SSSR count). The summed E-state index contributed by atoms with van der Waals surface area (Å²) in [5, 5.41) is 12.1. The first-order valence-electron chi connectivity index (χ1n) is 6.86. The van der Waals surface area contributed by atoms with Crippen molar-refractivity contribution in [1.82, 2.24) is 0 Å². The van der Waals surface area contributed by atoms with Gasteiger partial charge in [-0.05, 0) is 47.9 Å². The van der Waals surface area contributed by atoms with Crippen LogP contribution in [0.4, 0.5) is 5.69 Å². The predicted octanol–water partition coefficient (Wildman–Crippen LogP) is 4.25. The van der Waals surface area contributed by atoms with Crippen LogP contribution >= 0.6 is 11.8 Å². The van der Waals surface area contributed by atoms with E-state index < -0.39 is 0 Å². The van der Waals surface area contributed by atoms with Gasteiger partial charge in [-0.25, -0.2) is 0 Å². The molecule has 2 aromatic carbocycles. The van der Waals surface area contributed by atoms with E-state index in [1.54, 1.807) is 24.3 Å². The molecule has 0 radical (unpaired) electrons. The summed E-state index contributed by atoms with van der Waals surface area (Å²) in [4.78, 5) is 12.9. The van der Waals surface area contributed by atoms with Crippen molar-refractivity contribution in [3.63, 3.8) is 0 Å². The Morgan fingerprint density at radius 1 is 1.19 bits per heavy atom. The maximum absolute atomic E-state index is 12.0. The zero-order chi connectivity index (χ0) is 15.2. The van der Waals surface area contributed by atoms with Crippen LogP contribution in [0.15, 0.2) is 53.4 Å². The lowest BCUT2D eigenvalue weighted by molar-refractivity contribution is -0.113. The number of hydrogen-bond donors (Lipinski definition) is 2. The second-order valence-electron chi connectivity index (χ2n) is 5.11. The van der Waals surface area contributed by atoms with E-state index in [4.69, 9.17) is 0 Å². The van der Waals surface area contributed by atoms with E-state index in [1.807, 2.05) is 18.2 Å². The van der Waals surface area contributed by atoms with Crippen LogP contribution in [0, 0.1) is 0 Å². The lowest BCUT2D eigenvalue weighted by Crippen LogP contribution is -2.14. The van der Waals surface area contributed by atoms with E-state index in [9.17, 15) is 9.90 Å². The van der Waals surface area contributed by atoms with Gasteiger partial charge in [-0.3, -0.25) is 4.79 Å². The molecule has 3 nitrogen and oxygen atoms in total. The summed E-state index contributed by atoms with van der Waals surface area (Å²) in [7, 11) is 0. The number of anilines is 1. The summed E-state index contributed by atoms with van der Waals surface area (Å²) in [6.07, 6.45) is 0. The third-order valence-corrected chi connectivity index (χ3v) is 4.06. The third-order valence-electron chi connectivity index (χ3n) is 3.04. The topological polar surface area (TPSA) is 49.3 Å². The SMILES string of the molecule is CC(C)c1cccc(NC(=O)CSc2ccc(O)cc2)c1. The van der Waals surface area contributed by atoms with E-state index in [0.29, 0.717) is 11.7 Å². The van der Waals surface area contributed by atoms with Gasteiger partial charge < -0.3 is 10.4 Å². The molecule has 2 N–H and O–H groups in total. The van der Waals surface area contributed by atoms with Crippen molar-refractivity contribution in [2.45, 2.75) is 24.7 Å². The fourth-order valence-electron chi connectivity index (χ4n) is 1.86. The molecule has 110 valence electrons. The van der Waals surface area contributed by atoms with Gasteiger partial charge in [-0.1, -0.05) is 26.0 Å². The van der Waals surface area contributed by atoms with E-state index in [0.717, 1.165) is 10.6 Å². The fourth-order valence-corrected chi connectivity index (χ4v) is 2.56. The first kappa shape index (κ1) is 15.4. The van der Waals surface area contributed by atoms with Gasteiger partial charge in [-0.15, -0.1) is 11.8 Å². The van der Waals surface area contributed by atoms with Crippen LogP contribution < -0.4 is 5.32 Å². The molecule has 0 heterocycles. The molecule has 0 aliphatic heterocycles. The van der Waals surface area contributed by atoms with Crippen molar-refractivity contribution in [2.24, 2.45) is 0 Å². The van der Waals surface area contributed by atoms with E-state index in [-0.39, 0.29) is 11.7 Å². The van der Waals surface area contributed by atoms with Crippen LogP contribution in [0.1, 0.15) is 25.3 Å². The van der Waals surface area contributed by atoms with Crippen molar-refractivity contribution < 1.29 is 9.90 Å². The lowest BCUT2D eigenvalue weighted by atomic mass is 10.0. The zero-order valence-corrected chi connectivity index (χ0v) is 13.0. The van der Waals surface area contributed by atoms with E-state index >= 15 is 0 Å². The number of phenols is 1. The van der Waals surface area contributed by atoms with Crippen LogP contribution in [0.5, 0.6) is 5.75 Å². The number of rotatable bonds is 5. The maximum atomic E-state index is 12.0. The van der Waals surface area contributed by atoms with Crippen LogP contribution in [-0.4, -0.2) is 16.8 Å². The summed E-state index contributed by atoms with van der Waals surface area (Å²) in [6, 6.07) is 14.8. The minimum Gasteiger partial charge on any atom is -0.508 e. The third kappa shape index (κ3) is 4.83. The molecule has 0 saturated carbocycles. The molecule has 1 amide bonds. The molecule has 4 heteroatoms. The molecule has 0 fully saturated rings. The minimum atomic E-state index is -0.0334. The minimum absolute atomic E-state index is 0.0334. The number of carbonyl (C=O) groups excluding carboxylic acids is 1. The van der Waals surface area contributed by atoms with Gasteiger partial charge in [0, 0.05) is 10.6 Å². The van der Waals surface area contributed by atoms with Crippen molar-refractivity contribution in [1.29, 1.82) is 0 Å². The number of benzene rings is 2. The molecular formula is C17H19NO2S. The number of phenolic OH excluding ortho intramolecular Hbond substituents is 1. The van der Waals surface area contributed by atoms with Gasteiger partial charge in [0.05, 0.1) is 5.75 Å². The van der Waals surface area contributed by atoms with Gasteiger partial charge in [0.1, 0.15) is 5.75 Å². The first-order valence-corrected chi connectivity index (χ1v) is 7.85. The van der Waals surface area contributed by atoms with Crippen LogP contribution in [0.2, 0.25) is 0 Å². The average molecular weight is 301 g/mol. The molecule has 0 bridgehead atoms. The molecule has 0 atom stereocenters. The number of amides is 1. The summed E-state index contributed by atoms with van der Waals surface area (Å²) < 4.78 is 0. The summed E-state index contributed by atoms with van der Waals surface area (Å²) in [5.74, 6) is 0.980. The van der Waals surface area contributed by atoms with Gasteiger partial charge in [0.25, 0.3) is 0 Å².